The molecule has 0 unspecified atom stereocenters. The van der Waals surface area contributed by atoms with Gasteiger partial charge in [-0.3, -0.25) is 10.1 Å². The third kappa shape index (κ3) is 5.50. The van der Waals surface area contributed by atoms with E-state index in [1.807, 2.05) is 13.1 Å². The molecular formula is C26H38N6O2. The van der Waals surface area contributed by atoms with E-state index >= 15 is 0 Å². The maximum atomic E-state index is 10.1. The summed E-state index contributed by atoms with van der Waals surface area (Å²) in [6, 6.07) is 6.54. The lowest BCUT2D eigenvalue weighted by atomic mass is 9.85. The SMILES string of the molecule is C=NC(=N[C@@H](C)COC)Nn1c(C2CCC(O)CC2)cc(-c2ccnc(N3CCCC3)c2)c1C. The number of guanidine groups is 1. The summed E-state index contributed by atoms with van der Waals surface area (Å²) in [5.74, 6) is 1.87. The fourth-order valence-electron chi connectivity index (χ4n) is 5.14. The van der Waals surface area contributed by atoms with Crippen molar-refractivity contribution in [2.45, 2.75) is 70.4 Å². The third-order valence-electron chi connectivity index (χ3n) is 6.99. The van der Waals surface area contributed by atoms with Gasteiger partial charge < -0.3 is 14.7 Å². The number of hydrogen-bond donors (Lipinski definition) is 2. The number of anilines is 1. The second-order valence-corrected chi connectivity index (χ2v) is 9.53. The van der Waals surface area contributed by atoms with Crippen molar-refractivity contribution in [2.75, 3.05) is 37.1 Å². The summed E-state index contributed by atoms with van der Waals surface area (Å²) < 4.78 is 7.34. The van der Waals surface area contributed by atoms with E-state index in [2.05, 4.69) is 61.8 Å². The predicted octanol–water partition coefficient (Wildman–Crippen LogP) is 4.11. The molecule has 3 heterocycles. The van der Waals surface area contributed by atoms with Crippen molar-refractivity contribution in [1.82, 2.24) is 9.66 Å². The molecule has 1 saturated heterocycles. The van der Waals surface area contributed by atoms with Crippen LogP contribution in [0.1, 0.15) is 62.8 Å². The fraction of sp³-hybridized carbons (Fsp3) is 0.577. The van der Waals surface area contributed by atoms with Crippen molar-refractivity contribution in [3.8, 4) is 11.1 Å². The standard InChI is InChI=1S/C26H38N6O2/c1-18(17-34-4)29-26(27-3)30-32-19(2)23(16-24(32)20-7-9-22(33)10-8-20)21-11-12-28-25(15-21)31-13-5-6-14-31/h11-12,15-16,18,20,22,33H,3,5-10,13-14,17H2,1-2,4H3,(H,29,30)/t18-,20?,22?/m0/s1. The van der Waals surface area contributed by atoms with Gasteiger partial charge in [0.15, 0.2) is 0 Å². The average Bonchev–Trinajstić information content (AvgIpc) is 3.49. The molecule has 2 N–H and O–H groups in total. The van der Waals surface area contributed by atoms with Crippen molar-refractivity contribution in [1.29, 1.82) is 0 Å². The van der Waals surface area contributed by atoms with Gasteiger partial charge in [0.2, 0.25) is 5.96 Å². The molecule has 1 saturated carbocycles. The molecule has 0 amide bonds. The van der Waals surface area contributed by atoms with Gasteiger partial charge in [0.1, 0.15) is 5.82 Å². The first-order chi connectivity index (χ1) is 16.5. The van der Waals surface area contributed by atoms with Gasteiger partial charge >= 0.3 is 0 Å². The number of aliphatic hydroxyl groups excluding tert-OH is 1. The molecule has 0 radical (unpaired) electrons. The summed E-state index contributed by atoms with van der Waals surface area (Å²) in [5, 5.41) is 10.1. The van der Waals surface area contributed by atoms with E-state index in [1.165, 1.54) is 24.1 Å². The zero-order valence-electron chi connectivity index (χ0n) is 20.7. The number of aliphatic hydroxyl groups is 1. The summed E-state index contributed by atoms with van der Waals surface area (Å²) in [4.78, 5) is 15.8. The largest absolute Gasteiger partial charge is 0.393 e. The molecule has 1 atom stereocenters. The van der Waals surface area contributed by atoms with Crippen LogP contribution in [0.4, 0.5) is 5.82 Å². The van der Waals surface area contributed by atoms with Gasteiger partial charge in [-0.2, -0.15) is 0 Å². The summed E-state index contributed by atoms with van der Waals surface area (Å²) >= 11 is 0. The first kappa shape index (κ1) is 24.4. The topological polar surface area (TPSA) is 87.3 Å². The molecular weight excluding hydrogens is 428 g/mol. The number of ether oxygens (including phenoxy) is 1. The molecule has 8 nitrogen and oxygen atoms in total. The number of aromatic nitrogens is 2. The Balaban J connectivity index is 1.71. The molecule has 0 spiro atoms. The summed E-state index contributed by atoms with van der Waals surface area (Å²) in [6.45, 7) is 10.5. The first-order valence-electron chi connectivity index (χ1n) is 12.4. The third-order valence-corrected chi connectivity index (χ3v) is 6.99. The molecule has 184 valence electrons. The molecule has 0 bridgehead atoms. The Kier molecular flexibility index (Phi) is 8.00. The van der Waals surface area contributed by atoms with Crippen LogP contribution in [0, 0.1) is 6.92 Å². The van der Waals surface area contributed by atoms with Gasteiger partial charge in [-0.1, -0.05) is 0 Å². The van der Waals surface area contributed by atoms with E-state index in [0.29, 0.717) is 18.5 Å². The highest BCUT2D eigenvalue weighted by molar-refractivity contribution is 5.91. The number of nitrogens with zero attached hydrogens (tertiary/aromatic N) is 5. The quantitative estimate of drug-likeness (QED) is 0.474. The maximum absolute atomic E-state index is 10.1. The molecule has 34 heavy (non-hydrogen) atoms. The summed E-state index contributed by atoms with van der Waals surface area (Å²) in [7, 11) is 1.67. The van der Waals surface area contributed by atoms with Crippen molar-refractivity contribution < 1.29 is 9.84 Å². The van der Waals surface area contributed by atoms with Crippen LogP contribution in [0.2, 0.25) is 0 Å². The van der Waals surface area contributed by atoms with Crippen molar-refractivity contribution >= 4 is 18.5 Å². The number of hydrogen-bond acceptors (Lipinski definition) is 5. The van der Waals surface area contributed by atoms with Crippen molar-refractivity contribution in [3.05, 3.63) is 35.8 Å². The Labute approximate surface area is 202 Å². The van der Waals surface area contributed by atoms with Crippen LogP contribution in [-0.2, 0) is 4.74 Å². The van der Waals surface area contributed by atoms with E-state index in [1.54, 1.807) is 7.11 Å². The van der Waals surface area contributed by atoms with Crippen LogP contribution in [-0.4, -0.2) is 66.4 Å². The van der Waals surface area contributed by atoms with E-state index in [9.17, 15) is 5.11 Å². The lowest BCUT2D eigenvalue weighted by molar-refractivity contribution is 0.121. The minimum atomic E-state index is -0.196. The normalized spacial score (nSPS) is 22.1. The van der Waals surface area contributed by atoms with E-state index in [4.69, 9.17) is 4.74 Å². The van der Waals surface area contributed by atoms with Gasteiger partial charge in [-0.15, -0.1) is 0 Å². The minimum Gasteiger partial charge on any atom is -0.393 e. The van der Waals surface area contributed by atoms with E-state index < -0.39 is 0 Å². The molecule has 2 aromatic rings. The molecule has 4 rings (SSSR count). The smallest absolute Gasteiger partial charge is 0.237 e. The molecule has 1 aliphatic heterocycles. The van der Waals surface area contributed by atoms with Crippen LogP contribution in [0.15, 0.2) is 34.4 Å². The molecule has 2 aromatic heterocycles. The summed E-state index contributed by atoms with van der Waals surface area (Å²) in [5.41, 5.74) is 8.03. The highest BCUT2D eigenvalue weighted by Crippen LogP contribution is 2.38. The number of pyridine rings is 1. The van der Waals surface area contributed by atoms with Gasteiger partial charge in [-0.25, -0.2) is 15.0 Å². The number of aliphatic imine (C=N–C) groups is 2. The number of methoxy groups -OCH3 is 1. The minimum absolute atomic E-state index is 0.0372. The monoisotopic (exact) mass is 466 g/mol. The number of rotatable bonds is 7. The van der Waals surface area contributed by atoms with E-state index in [0.717, 1.165) is 55.8 Å². The highest BCUT2D eigenvalue weighted by Gasteiger charge is 2.26. The zero-order chi connectivity index (χ0) is 24.1. The molecule has 2 fully saturated rings. The Morgan fingerprint density at radius 1 is 1.26 bits per heavy atom. The van der Waals surface area contributed by atoms with Crippen LogP contribution >= 0.6 is 0 Å². The van der Waals surface area contributed by atoms with Crippen LogP contribution in [0.5, 0.6) is 0 Å². The second-order valence-electron chi connectivity index (χ2n) is 9.53. The lowest BCUT2D eigenvalue weighted by Gasteiger charge is -2.27. The Morgan fingerprint density at radius 3 is 2.68 bits per heavy atom. The van der Waals surface area contributed by atoms with Gasteiger partial charge in [-0.05, 0) is 82.9 Å². The molecule has 2 aliphatic rings. The predicted molar refractivity (Wildman–Crippen MR) is 139 cm³/mol. The lowest BCUT2D eigenvalue weighted by Crippen LogP contribution is -2.28. The van der Waals surface area contributed by atoms with Crippen LogP contribution in [0.3, 0.4) is 0 Å². The van der Waals surface area contributed by atoms with Gasteiger partial charge in [0.05, 0.1) is 18.8 Å². The van der Waals surface area contributed by atoms with Crippen molar-refractivity contribution in [3.63, 3.8) is 0 Å². The van der Waals surface area contributed by atoms with Crippen LogP contribution in [0.25, 0.3) is 11.1 Å². The first-order valence-corrected chi connectivity index (χ1v) is 12.4. The van der Waals surface area contributed by atoms with Gasteiger partial charge in [0, 0.05) is 49.3 Å². The number of nitrogens with one attached hydrogen (secondary N) is 1. The Morgan fingerprint density at radius 2 is 2.00 bits per heavy atom. The van der Waals surface area contributed by atoms with Crippen LogP contribution < -0.4 is 10.3 Å². The summed E-state index contributed by atoms with van der Waals surface area (Å²) in [6.07, 6.45) is 7.72. The molecule has 8 heteroatoms. The van der Waals surface area contributed by atoms with Crippen molar-refractivity contribution in [2.24, 2.45) is 9.98 Å². The zero-order valence-corrected chi connectivity index (χ0v) is 20.7. The second kappa shape index (κ2) is 11.1. The average molecular weight is 467 g/mol. The Bertz CT molecular complexity index is 1000. The molecule has 0 aromatic carbocycles. The Hall–Kier alpha value is -2.71. The maximum Gasteiger partial charge on any atom is 0.237 e. The highest BCUT2D eigenvalue weighted by atomic mass is 16.5. The molecule has 1 aliphatic carbocycles. The fourth-order valence-corrected chi connectivity index (χ4v) is 5.14. The van der Waals surface area contributed by atoms with E-state index in [-0.39, 0.29) is 12.1 Å². The van der Waals surface area contributed by atoms with Gasteiger partial charge in [0.25, 0.3) is 0 Å².